The van der Waals surface area contributed by atoms with Gasteiger partial charge in [-0.05, 0) is 68.3 Å². The van der Waals surface area contributed by atoms with E-state index in [2.05, 4.69) is 15.6 Å². The molecular weight excluding hydrogens is 562 g/mol. The van der Waals surface area contributed by atoms with Crippen LogP contribution in [-0.2, 0) is 11.3 Å². The Bertz CT molecular complexity index is 1770. The van der Waals surface area contributed by atoms with Gasteiger partial charge in [-0.3, -0.25) is 18.8 Å². The summed E-state index contributed by atoms with van der Waals surface area (Å²) in [6.45, 7) is 6.37. The monoisotopic (exact) mass is 597 g/mol. The Morgan fingerprint density at radius 2 is 1.91 bits per heavy atom. The van der Waals surface area contributed by atoms with E-state index in [0.29, 0.717) is 52.8 Å². The van der Waals surface area contributed by atoms with E-state index < -0.39 is 12.1 Å². The Morgan fingerprint density at radius 3 is 2.73 bits per heavy atom. The number of carbonyl (C=O) groups excluding carboxylic acids is 3. The van der Waals surface area contributed by atoms with Crippen LogP contribution in [0.15, 0.2) is 54.7 Å². The molecule has 44 heavy (non-hydrogen) atoms. The second-order valence-electron chi connectivity index (χ2n) is 11.3. The Morgan fingerprint density at radius 1 is 1.07 bits per heavy atom. The van der Waals surface area contributed by atoms with Gasteiger partial charge in [0.1, 0.15) is 34.7 Å². The first kappa shape index (κ1) is 29.0. The molecule has 4 aromatic rings. The molecular formula is C33H35N5O6. The third-order valence-electron chi connectivity index (χ3n) is 8.14. The number of ether oxygens (including phenoxy) is 3. The van der Waals surface area contributed by atoms with E-state index >= 15 is 0 Å². The lowest BCUT2D eigenvalue weighted by Gasteiger charge is -2.39. The molecule has 0 spiro atoms. The molecule has 0 saturated carbocycles. The van der Waals surface area contributed by atoms with Crippen LogP contribution in [0.2, 0.25) is 0 Å². The summed E-state index contributed by atoms with van der Waals surface area (Å²) in [7, 11) is 1.56. The summed E-state index contributed by atoms with van der Waals surface area (Å²) < 4.78 is 19.6. The fraction of sp³-hybridized carbons (Fsp3) is 0.333. The molecule has 2 atom stereocenters. The highest BCUT2D eigenvalue weighted by Gasteiger charge is 2.36. The predicted octanol–water partition coefficient (Wildman–Crippen LogP) is 3.37. The summed E-state index contributed by atoms with van der Waals surface area (Å²) in [6.07, 6.45) is 1.91. The number of likely N-dealkylation sites (tertiary alicyclic amines) is 1. The van der Waals surface area contributed by atoms with Gasteiger partial charge in [0.2, 0.25) is 0 Å². The smallest absolute Gasteiger partial charge is 0.272 e. The van der Waals surface area contributed by atoms with Crippen molar-refractivity contribution in [3.05, 3.63) is 88.4 Å². The van der Waals surface area contributed by atoms with Gasteiger partial charge in [-0.25, -0.2) is 4.98 Å². The van der Waals surface area contributed by atoms with Gasteiger partial charge < -0.3 is 29.7 Å². The molecule has 1 saturated heterocycles. The molecule has 1 fully saturated rings. The fourth-order valence-electron chi connectivity index (χ4n) is 5.72. The van der Waals surface area contributed by atoms with Crippen molar-refractivity contribution in [2.75, 3.05) is 26.8 Å². The van der Waals surface area contributed by atoms with Gasteiger partial charge in [-0.2, -0.15) is 0 Å². The quantitative estimate of drug-likeness (QED) is 0.363. The number of nitrogens with zero attached hydrogens (tertiary/aromatic N) is 3. The van der Waals surface area contributed by atoms with Crippen molar-refractivity contribution in [3.8, 4) is 17.2 Å². The van der Waals surface area contributed by atoms with Crippen molar-refractivity contribution in [1.29, 1.82) is 0 Å². The zero-order valence-corrected chi connectivity index (χ0v) is 25.2. The normalized spacial score (nSPS) is 18.9. The van der Waals surface area contributed by atoms with E-state index in [4.69, 9.17) is 14.2 Å². The molecule has 228 valence electrons. The number of piperidine rings is 1. The predicted molar refractivity (Wildman–Crippen MR) is 162 cm³/mol. The highest BCUT2D eigenvalue weighted by Crippen LogP contribution is 2.29. The zero-order chi connectivity index (χ0) is 31.0. The summed E-state index contributed by atoms with van der Waals surface area (Å²) in [4.78, 5) is 46.4. The summed E-state index contributed by atoms with van der Waals surface area (Å²) in [5.74, 6) is 0.736. The van der Waals surface area contributed by atoms with Crippen LogP contribution in [-0.4, -0.2) is 71.0 Å². The third-order valence-corrected chi connectivity index (χ3v) is 8.14. The van der Waals surface area contributed by atoms with Crippen LogP contribution >= 0.6 is 0 Å². The molecule has 3 aliphatic heterocycles. The number of carbonyl (C=O) groups is 3. The number of hydrogen-bond donors (Lipinski definition) is 2. The van der Waals surface area contributed by atoms with Crippen molar-refractivity contribution in [1.82, 2.24) is 24.9 Å². The van der Waals surface area contributed by atoms with E-state index in [1.165, 1.54) is 0 Å². The molecule has 7 rings (SSSR count). The molecule has 0 aliphatic carbocycles. The molecule has 2 aromatic heterocycles. The summed E-state index contributed by atoms with van der Waals surface area (Å²) >= 11 is 0. The Kier molecular flexibility index (Phi) is 7.86. The van der Waals surface area contributed by atoms with E-state index in [0.717, 1.165) is 16.7 Å². The van der Waals surface area contributed by atoms with E-state index in [-0.39, 0.29) is 37.4 Å². The highest BCUT2D eigenvalue weighted by atomic mass is 16.5. The Labute approximate surface area is 255 Å². The molecule has 3 amide bonds. The summed E-state index contributed by atoms with van der Waals surface area (Å²) in [5.41, 5.74) is 4.85. The number of aromatic nitrogens is 2. The maximum absolute atomic E-state index is 13.9. The minimum Gasteiger partial charge on any atom is -0.496 e. The number of fused-ring (bicyclic) bond motifs is 8. The summed E-state index contributed by atoms with van der Waals surface area (Å²) in [6, 6.07) is 13.9. The topological polar surface area (TPSA) is 124 Å². The van der Waals surface area contributed by atoms with Crippen LogP contribution < -0.4 is 24.8 Å². The Balaban J connectivity index is 1.33. The molecule has 11 nitrogen and oxygen atoms in total. The average Bonchev–Trinajstić information content (AvgIpc) is 3.34. The number of hydrogen-bond acceptors (Lipinski definition) is 7. The van der Waals surface area contributed by atoms with Crippen LogP contribution in [0, 0.1) is 20.8 Å². The van der Waals surface area contributed by atoms with Crippen LogP contribution in [0.1, 0.15) is 49.7 Å². The maximum atomic E-state index is 13.9. The maximum Gasteiger partial charge on any atom is 0.272 e. The van der Waals surface area contributed by atoms with E-state index in [1.807, 2.05) is 55.6 Å². The van der Waals surface area contributed by atoms with Crippen LogP contribution in [0.3, 0.4) is 0 Å². The van der Waals surface area contributed by atoms with Crippen molar-refractivity contribution in [2.24, 2.45) is 0 Å². The van der Waals surface area contributed by atoms with Gasteiger partial charge in [0.15, 0.2) is 6.61 Å². The minimum atomic E-state index is -0.530. The molecule has 5 heterocycles. The number of amides is 3. The lowest BCUT2D eigenvalue weighted by Crippen LogP contribution is -2.58. The van der Waals surface area contributed by atoms with Crippen molar-refractivity contribution < 1.29 is 28.6 Å². The lowest BCUT2D eigenvalue weighted by molar-refractivity contribution is -0.123. The number of nitrogens with one attached hydrogen (secondary N) is 2. The third kappa shape index (κ3) is 5.77. The average molecular weight is 598 g/mol. The van der Waals surface area contributed by atoms with Crippen molar-refractivity contribution in [2.45, 2.75) is 45.9 Å². The SMILES string of the molecule is COc1cc2ccc1CNC(=O)COc1cc(ccc1C)C(=O)N[C@H]1CN(C(=O)c3c(C)nc4cc(C)ccn34)CC[C@H]1O2. The van der Waals surface area contributed by atoms with Crippen molar-refractivity contribution >= 4 is 23.4 Å². The Hall–Kier alpha value is -5.06. The van der Waals surface area contributed by atoms with Crippen LogP contribution in [0.5, 0.6) is 17.2 Å². The van der Waals surface area contributed by atoms with Gasteiger partial charge in [0, 0.05) is 49.4 Å². The molecule has 0 unspecified atom stereocenters. The number of rotatable bonds is 2. The second-order valence-corrected chi connectivity index (χ2v) is 11.3. The summed E-state index contributed by atoms with van der Waals surface area (Å²) in [5, 5.41) is 5.96. The first-order valence-electron chi connectivity index (χ1n) is 14.6. The van der Waals surface area contributed by atoms with Gasteiger partial charge in [0.05, 0.1) is 18.8 Å². The van der Waals surface area contributed by atoms with Gasteiger partial charge in [-0.1, -0.05) is 6.07 Å². The molecule has 2 N–H and O–H groups in total. The number of imidazole rings is 1. The van der Waals surface area contributed by atoms with Crippen molar-refractivity contribution in [3.63, 3.8) is 0 Å². The van der Waals surface area contributed by atoms with E-state index in [9.17, 15) is 14.4 Å². The lowest BCUT2D eigenvalue weighted by atomic mass is 10.00. The van der Waals surface area contributed by atoms with Crippen LogP contribution in [0.25, 0.3) is 5.65 Å². The van der Waals surface area contributed by atoms with E-state index in [1.54, 1.807) is 36.3 Å². The molecule has 3 aliphatic rings. The number of pyridine rings is 1. The van der Waals surface area contributed by atoms with Crippen LogP contribution in [0.4, 0.5) is 0 Å². The number of benzene rings is 2. The molecule has 0 radical (unpaired) electrons. The van der Waals surface area contributed by atoms with Gasteiger partial charge >= 0.3 is 0 Å². The first-order valence-corrected chi connectivity index (χ1v) is 14.6. The standard InChI is InChI=1S/C33H35N5O6/c1-19-9-12-38-29(13-19)35-21(3)31(38)33(41)37-11-10-26-25(17-37)36-32(40)22-6-5-20(2)27(14-22)43-18-30(39)34-16-23-7-8-24(44-26)15-28(23)42-4/h5-9,12-15,25-26H,10-11,16-18H2,1-4H3,(H,34,39)(H,36,40)/t25-,26+/m0/s1. The van der Waals surface area contributed by atoms with Gasteiger partial charge in [0.25, 0.3) is 17.7 Å². The molecule has 2 aromatic carbocycles. The zero-order valence-electron chi connectivity index (χ0n) is 25.2. The highest BCUT2D eigenvalue weighted by molar-refractivity contribution is 5.96. The number of methoxy groups -OCH3 is 1. The number of aryl methyl sites for hydroxylation is 3. The second kappa shape index (κ2) is 11.9. The van der Waals surface area contributed by atoms with Gasteiger partial charge in [-0.15, -0.1) is 0 Å². The largest absolute Gasteiger partial charge is 0.496 e. The fourth-order valence-corrected chi connectivity index (χ4v) is 5.72. The molecule has 11 heteroatoms. The first-order chi connectivity index (χ1) is 21.2. The molecule has 4 bridgehead atoms. The minimum absolute atomic E-state index is 0.163.